The molecule has 0 saturated heterocycles. The van der Waals surface area contributed by atoms with E-state index in [1.165, 1.54) is 244 Å². The van der Waals surface area contributed by atoms with Gasteiger partial charge in [-0.1, -0.05) is 310 Å². The third kappa shape index (κ3) is 53.6. The molecule has 0 bridgehead atoms. The minimum atomic E-state index is -0.762. The Kier molecular flexibility index (Phi) is 54.0. The first-order chi connectivity index (χ1) is 32.9. The average Bonchev–Trinajstić information content (AvgIpc) is 3.33. The monoisotopic (exact) mass is 947 g/mol. The van der Waals surface area contributed by atoms with Crippen molar-refractivity contribution in [3.63, 3.8) is 0 Å². The fourth-order valence-electron chi connectivity index (χ4n) is 9.42. The van der Waals surface area contributed by atoms with Crippen LogP contribution >= 0.6 is 0 Å². The second-order valence-corrected chi connectivity index (χ2v) is 21.2. The largest absolute Gasteiger partial charge is 0.462 e. The van der Waals surface area contributed by atoms with Crippen LogP contribution in [0.15, 0.2) is 0 Å². The van der Waals surface area contributed by atoms with Crippen LogP contribution in [0.1, 0.15) is 349 Å². The van der Waals surface area contributed by atoms with Crippen molar-refractivity contribution < 1.29 is 28.6 Å². The number of unbranched alkanes of at least 4 members (excludes halogenated alkanes) is 42. The molecule has 0 aromatic heterocycles. The molecule has 0 amide bonds. The fraction of sp³-hybridized carbons (Fsp3) is 0.951. The molecule has 6 nitrogen and oxygen atoms in total. The van der Waals surface area contributed by atoms with Gasteiger partial charge in [0.25, 0.3) is 0 Å². The van der Waals surface area contributed by atoms with Crippen molar-refractivity contribution in [3.8, 4) is 0 Å². The minimum absolute atomic E-state index is 0.0615. The maximum Gasteiger partial charge on any atom is 0.306 e. The quantitative estimate of drug-likeness (QED) is 0.0343. The van der Waals surface area contributed by atoms with E-state index in [9.17, 15) is 14.4 Å². The van der Waals surface area contributed by atoms with Gasteiger partial charge in [-0.25, -0.2) is 0 Å². The molecule has 0 aliphatic heterocycles. The summed E-state index contributed by atoms with van der Waals surface area (Å²) >= 11 is 0. The summed E-state index contributed by atoms with van der Waals surface area (Å²) in [6.07, 6.45) is 60.9. The van der Waals surface area contributed by atoms with Gasteiger partial charge in [0, 0.05) is 19.3 Å². The zero-order valence-corrected chi connectivity index (χ0v) is 45.9. The van der Waals surface area contributed by atoms with Crippen LogP contribution in [0, 0.1) is 5.92 Å². The van der Waals surface area contributed by atoms with E-state index < -0.39 is 6.10 Å². The predicted octanol–water partition coefficient (Wildman–Crippen LogP) is 20.2. The van der Waals surface area contributed by atoms with Crippen LogP contribution in [0.5, 0.6) is 0 Å². The van der Waals surface area contributed by atoms with Crippen LogP contribution in [-0.2, 0) is 28.6 Å². The molecule has 0 rings (SSSR count). The maximum absolute atomic E-state index is 12.8. The molecule has 1 unspecified atom stereocenters. The first-order valence-electron chi connectivity index (χ1n) is 30.4. The molecule has 0 heterocycles. The molecule has 0 aliphatic rings. The standard InChI is InChI=1S/C61H118O6/c1-5-8-10-12-14-16-18-20-21-22-23-24-29-32-36-40-44-48-52-59(62)65-55-58(67-61(64)54-50-46-42-38-34-27-19-17-15-13-11-9-6-2)56-66-60(63)53-49-45-41-37-33-30-26-25-28-31-35-39-43-47-51-57(4)7-3/h57-58H,5-56H2,1-4H3/t57?,58-/m0/s1. The van der Waals surface area contributed by atoms with Gasteiger partial charge in [-0.15, -0.1) is 0 Å². The minimum Gasteiger partial charge on any atom is -0.462 e. The van der Waals surface area contributed by atoms with Crippen LogP contribution in [0.2, 0.25) is 0 Å². The Morgan fingerprint density at radius 2 is 0.522 bits per heavy atom. The number of ether oxygens (including phenoxy) is 3. The van der Waals surface area contributed by atoms with Crippen molar-refractivity contribution in [2.24, 2.45) is 5.92 Å². The van der Waals surface area contributed by atoms with E-state index in [1.54, 1.807) is 0 Å². The van der Waals surface area contributed by atoms with Gasteiger partial charge in [0.2, 0.25) is 0 Å². The molecule has 0 N–H and O–H groups in total. The first kappa shape index (κ1) is 65.4. The first-order valence-corrected chi connectivity index (χ1v) is 30.4. The van der Waals surface area contributed by atoms with Crippen molar-refractivity contribution >= 4 is 17.9 Å². The van der Waals surface area contributed by atoms with Crippen molar-refractivity contribution in [1.29, 1.82) is 0 Å². The zero-order chi connectivity index (χ0) is 48.8. The highest BCUT2D eigenvalue weighted by molar-refractivity contribution is 5.71. The van der Waals surface area contributed by atoms with Crippen molar-refractivity contribution in [3.05, 3.63) is 0 Å². The molecular weight excluding hydrogens is 829 g/mol. The van der Waals surface area contributed by atoms with E-state index in [0.717, 1.165) is 63.7 Å². The third-order valence-electron chi connectivity index (χ3n) is 14.4. The fourth-order valence-corrected chi connectivity index (χ4v) is 9.42. The summed E-state index contributed by atoms with van der Waals surface area (Å²) in [6, 6.07) is 0. The second kappa shape index (κ2) is 55.3. The molecule has 0 spiro atoms. The molecule has 0 radical (unpaired) electrons. The Hall–Kier alpha value is -1.59. The summed E-state index contributed by atoms with van der Waals surface area (Å²) in [7, 11) is 0. The number of carbonyl (C=O) groups excluding carboxylic acids is 3. The lowest BCUT2D eigenvalue weighted by Crippen LogP contribution is -2.30. The number of rotatable bonds is 56. The second-order valence-electron chi connectivity index (χ2n) is 21.2. The van der Waals surface area contributed by atoms with E-state index in [2.05, 4.69) is 27.7 Å². The lowest BCUT2D eigenvalue weighted by Gasteiger charge is -2.18. The van der Waals surface area contributed by atoms with E-state index in [1.807, 2.05) is 0 Å². The molecule has 0 aromatic rings. The normalized spacial score (nSPS) is 12.4. The molecule has 0 saturated carbocycles. The predicted molar refractivity (Wildman–Crippen MR) is 289 cm³/mol. The smallest absolute Gasteiger partial charge is 0.306 e. The molecule has 0 aliphatic carbocycles. The Balaban J connectivity index is 4.26. The van der Waals surface area contributed by atoms with Crippen LogP contribution in [0.3, 0.4) is 0 Å². The summed E-state index contributed by atoms with van der Waals surface area (Å²) in [5, 5.41) is 0. The number of hydrogen-bond donors (Lipinski definition) is 0. The molecule has 6 heteroatoms. The van der Waals surface area contributed by atoms with Gasteiger partial charge in [-0.3, -0.25) is 14.4 Å². The Bertz CT molecular complexity index is 1010. The van der Waals surface area contributed by atoms with Crippen molar-refractivity contribution in [1.82, 2.24) is 0 Å². The van der Waals surface area contributed by atoms with Crippen molar-refractivity contribution in [2.75, 3.05) is 13.2 Å². The van der Waals surface area contributed by atoms with E-state index in [0.29, 0.717) is 19.3 Å². The average molecular weight is 948 g/mol. The summed E-state index contributed by atoms with van der Waals surface area (Å²) in [6.45, 7) is 9.11. The lowest BCUT2D eigenvalue weighted by molar-refractivity contribution is -0.167. The SMILES string of the molecule is CCCCCCCCCCCCCCCCCCCCC(=O)OC[C@@H](COC(=O)CCCCCCCCCCCCCCCCC(C)CC)OC(=O)CCCCCCCCCCCCCCC. The van der Waals surface area contributed by atoms with Crippen LogP contribution < -0.4 is 0 Å². The lowest BCUT2D eigenvalue weighted by atomic mass is 9.99. The van der Waals surface area contributed by atoms with Gasteiger partial charge >= 0.3 is 17.9 Å². The molecule has 0 fully saturated rings. The highest BCUT2D eigenvalue weighted by atomic mass is 16.6. The van der Waals surface area contributed by atoms with E-state index in [-0.39, 0.29) is 31.1 Å². The van der Waals surface area contributed by atoms with Gasteiger partial charge in [-0.05, 0) is 25.2 Å². The summed E-state index contributed by atoms with van der Waals surface area (Å²) < 4.78 is 16.9. The maximum atomic E-state index is 12.8. The number of carbonyl (C=O) groups is 3. The highest BCUT2D eigenvalue weighted by Crippen LogP contribution is 2.19. The molecule has 67 heavy (non-hydrogen) atoms. The topological polar surface area (TPSA) is 78.9 Å². The summed E-state index contributed by atoms with van der Waals surface area (Å²) in [5.41, 5.74) is 0. The number of hydrogen-bond acceptors (Lipinski definition) is 6. The Morgan fingerprint density at radius 3 is 0.776 bits per heavy atom. The van der Waals surface area contributed by atoms with E-state index >= 15 is 0 Å². The molecular formula is C61H118O6. The summed E-state index contributed by atoms with van der Waals surface area (Å²) in [4.78, 5) is 38.2. The van der Waals surface area contributed by atoms with Gasteiger partial charge in [-0.2, -0.15) is 0 Å². The molecule has 2 atom stereocenters. The summed E-state index contributed by atoms with van der Waals surface area (Å²) in [5.74, 6) is 0.0641. The van der Waals surface area contributed by atoms with Crippen LogP contribution in [0.25, 0.3) is 0 Å². The number of esters is 3. The third-order valence-corrected chi connectivity index (χ3v) is 14.4. The van der Waals surface area contributed by atoms with Gasteiger partial charge in [0.05, 0.1) is 0 Å². The van der Waals surface area contributed by atoms with Crippen LogP contribution in [-0.4, -0.2) is 37.2 Å². The Labute approximate surface area is 418 Å². The van der Waals surface area contributed by atoms with Gasteiger partial charge < -0.3 is 14.2 Å². The van der Waals surface area contributed by atoms with E-state index in [4.69, 9.17) is 14.2 Å². The molecule has 398 valence electrons. The van der Waals surface area contributed by atoms with Crippen molar-refractivity contribution in [2.45, 2.75) is 355 Å². The Morgan fingerprint density at radius 1 is 0.299 bits per heavy atom. The van der Waals surface area contributed by atoms with Gasteiger partial charge in [0.1, 0.15) is 13.2 Å². The van der Waals surface area contributed by atoms with Crippen LogP contribution in [0.4, 0.5) is 0 Å². The highest BCUT2D eigenvalue weighted by Gasteiger charge is 2.19. The van der Waals surface area contributed by atoms with Gasteiger partial charge in [0.15, 0.2) is 6.10 Å². The zero-order valence-electron chi connectivity index (χ0n) is 45.9. The molecule has 0 aromatic carbocycles.